The summed E-state index contributed by atoms with van der Waals surface area (Å²) >= 11 is 0. The van der Waals surface area contributed by atoms with Crippen LogP contribution >= 0.6 is 0 Å². The molecule has 0 radical (unpaired) electrons. The minimum absolute atomic E-state index is 0.112. The van der Waals surface area contributed by atoms with E-state index < -0.39 is 18.0 Å². The summed E-state index contributed by atoms with van der Waals surface area (Å²) in [6.45, 7) is 3.54. The predicted octanol–water partition coefficient (Wildman–Crippen LogP) is 2.73. The summed E-state index contributed by atoms with van der Waals surface area (Å²) in [5.41, 5.74) is 1.99. The minimum atomic E-state index is -0.549. The highest BCUT2D eigenvalue weighted by Gasteiger charge is 2.33. The number of nitrogens with zero attached hydrogens (tertiary/aromatic N) is 3. The number of halogens is 1. The van der Waals surface area contributed by atoms with E-state index in [2.05, 4.69) is 5.32 Å². The molecule has 1 aromatic carbocycles. The summed E-state index contributed by atoms with van der Waals surface area (Å²) in [5, 5.41) is 11.4. The number of amides is 2. The number of ether oxygens (including phenoxy) is 1. The lowest BCUT2D eigenvalue weighted by Gasteiger charge is -2.30. The molecule has 0 saturated carbocycles. The lowest BCUT2D eigenvalue weighted by molar-refractivity contribution is -0.121. The van der Waals surface area contributed by atoms with Gasteiger partial charge in [0.25, 0.3) is 0 Å². The molecule has 0 aliphatic carbocycles. The number of anilines is 2. The molecule has 0 bridgehead atoms. The summed E-state index contributed by atoms with van der Waals surface area (Å²) in [4.78, 5) is 26.8. The van der Waals surface area contributed by atoms with Gasteiger partial charge in [0.15, 0.2) is 0 Å². The number of rotatable bonds is 5. The third-order valence-corrected chi connectivity index (χ3v) is 4.98. The van der Waals surface area contributed by atoms with Crippen molar-refractivity contribution < 1.29 is 18.7 Å². The maximum absolute atomic E-state index is 14.7. The smallest absolute Gasteiger partial charge is 0.414 e. The van der Waals surface area contributed by atoms with E-state index in [4.69, 9.17) is 10.00 Å². The molecule has 1 atom stereocenters. The summed E-state index contributed by atoms with van der Waals surface area (Å²) in [6, 6.07) is 6.75. The van der Waals surface area contributed by atoms with Gasteiger partial charge in [-0.3, -0.25) is 9.69 Å². The van der Waals surface area contributed by atoms with Crippen LogP contribution in [0.3, 0.4) is 0 Å². The van der Waals surface area contributed by atoms with Gasteiger partial charge in [-0.25, -0.2) is 9.18 Å². The number of nitriles is 1. The van der Waals surface area contributed by atoms with Crippen LogP contribution in [-0.4, -0.2) is 44.3 Å². The molecule has 1 aromatic rings. The molecule has 0 spiro atoms. The Morgan fingerprint density at radius 3 is 2.82 bits per heavy atom. The monoisotopic (exact) mass is 386 g/mol. The molecule has 2 aliphatic rings. The Balaban J connectivity index is 1.64. The predicted molar refractivity (Wildman–Crippen MR) is 102 cm³/mol. The molecule has 2 heterocycles. The second-order valence-corrected chi connectivity index (χ2v) is 6.83. The number of piperidine rings is 1. The summed E-state index contributed by atoms with van der Waals surface area (Å²) in [6.07, 6.45) is 2.39. The second-order valence-electron chi connectivity index (χ2n) is 6.83. The average Bonchev–Trinajstić information content (AvgIpc) is 3.07. The van der Waals surface area contributed by atoms with Crippen LogP contribution in [-0.2, 0) is 9.53 Å². The van der Waals surface area contributed by atoms with Crippen molar-refractivity contribution in [2.45, 2.75) is 32.3 Å². The molecule has 2 amide bonds. The molecule has 0 aromatic heterocycles. The van der Waals surface area contributed by atoms with Crippen molar-refractivity contribution >= 4 is 23.4 Å². The van der Waals surface area contributed by atoms with Gasteiger partial charge in [0, 0.05) is 25.6 Å². The first-order valence-corrected chi connectivity index (χ1v) is 9.38. The summed E-state index contributed by atoms with van der Waals surface area (Å²) in [7, 11) is 0. The zero-order chi connectivity index (χ0) is 20.1. The Morgan fingerprint density at radius 2 is 2.18 bits per heavy atom. The van der Waals surface area contributed by atoms with E-state index in [0.717, 1.165) is 18.4 Å². The molecule has 7 nitrogen and oxygen atoms in total. The van der Waals surface area contributed by atoms with Gasteiger partial charge < -0.3 is 15.0 Å². The molecule has 2 saturated heterocycles. The fourth-order valence-corrected chi connectivity index (χ4v) is 3.38. The largest absolute Gasteiger partial charge is 0.442 e. The van der Waals surface area contributed by atoms with E-state index in [0.29, 0.717) is 30.9 Å². The first-order valence-electron chi connectivity index (χ1n) is 9.38. The molecule has 28 heavy (non-hydrogen) atoms. The third-order valence-electron chi connectivity index (χ3n) is 4.98. The van der Waals surface area contributed by atoms with Crippen LogP contribution in [0.15, 0.2) is 29.8 Å². The first kappa shape index (κ1) is 19.7. The third kappa shape index (κ3) is 4.42. The SMILES string of the molecule is CCC(=O)NC[C@H]1CN(c2ccc(N3CCC(=CC#N)CC3)c(F)c2)C(=O)O1. The number of hydrogen-bond donors (Lipinski definition) is 1. The van der Waals surface area contributed by atoms with Crippen molar-refractivity contribution in [1.82, 2.24) is 5.32 Å². The van der Waals surface area contributed by atoms with Gasteiger partial charge in [-0.15, -0.1) is 0 Å². The molecule has 148 valence electrons. The Bertz CT molecular complexity index is 823. The summed E-state index contributed by atoms with van der Waals surface area (Å²) in [5.74, 6) is -0.514. The molecular formula is C20H23FN4O3. The first-order chi connectivity index (χ1) is 13.5. The lowest BCUT2D eigenvalue weighted by Crippen LogP contribution is -2.34. The zero-order valence-corrected chi connectivity index (χ0v) is 15.8. The average molecular weight is 386 g/mol. The van der Waals surface area contributed by atoms with Crippen molar-refractivity contribution in [3.8, 4) is 6.07 Å². The van der Waals surface area contributed by atoms with Gasteiger partial charge in [-0.05, 0) is 31.0 Å². The summed E-state index contributed by atoms with van der Waals surface area (Å²) < 4.78 is 20.0. The van der Waals surface area contributed by atoms with E-state index in [-0.39, 0.29) is 19.0 Å². The molecule has 2 aliphatic heterocycles. The number of nitrogens with one attached hydrogen (secondary N) is 1. The van der Waals surface area contributed by atoms with Gasteiger partial charge >= 0.3 is 6.09 Å². The molecule has 0 unspecified atom stereocenters. The standard InChI is InChI=1S/C20H23FN4O3/c1-2-19(26)23-12-16-13-25(20(27)28-16)15-3-4-18(17(21)11-15)24-9-6-14(5-8-22)7-10-24/h3-5,11,16H,2,6-7,9-10,12-13H2,1H3,(H,23,26)/t16-/m0/s1. The maximum Gasteiger partial charge on any atom is 0.414 e. The lowest BCUT2D eigenvalue weighted by atomic mass is 10.0. The molecule has 3 rings (SSSR count). The number of carbonyl (C=O) groups is 2. The highest BCUT2D eigenvalue weighted by molar-refractivity contribution is 5.90. The van der Waals surface area contributed by atoms with E-state index in [1.807, 2.05) is 11.0 Å². The minimum Gasteiger partial charge on any atom is -0.442 e. The maximum atomic E-state index is 14.7. The number of carbonyl (C=O) groups excluding carboxylic acids is 2. The Hall–Kier alpha value is -3.08. The van der Waals surface area contributed by atoms with E-state index in [1.165, 1.54) is 11.0 Å². The zero-order valence-electron chi connectivity index (χ0n) is 15.8. The van der Waals surface area contributed by atoms with Gasteiger partial charge in [-0.1, -0.05) is 12.5 Å². The normalized spacial score (nSPS) is 19.2. The number of cyclic esters (lactones) is 1. The molecule has 1 N–H and O–H groups in total. The Kier molecular flexibility index (Phi) is 6.14. The quantitative estimate of drug-likeness (QED) is 0.787. The van der Waals surface area contributed by atoms with E-state index in [1.54, 1.807) is 25.1 Å². The van der Waals surface area contributed by atoms with Gasteiger partial charge in [0.1, 0.15) is 11.9 Å². The van der Waals surface area contributed by atoms with Crippen LogP contribution in [0.4, 0.5) is 20.6 Å². The van der Waals surface area contributed by atoms with Crippen LogP contribution in [0.1, 0.15) is 26.2 Å². The van der Waals surface area contributed by atoms with E-state index >= 15 is 0 Å². The molecular weight excluding hydrogens is 363 g/mol. The van der Waals surface area contributed by atoms with Crippen molar-refractivity contribution in [3.63, 3.8) is 0 Å². The van der Waals surface area contributed by atoms with Crippen LogP contribution in [0.5, 0.6) is 0 Å². The van der Waals surface area contributed by atoms with Crippen LogP contribution in [0.2, 0.25) is 0 Å². The van der Waals surface area contributed by atoms with Crippen molar-refractivity contribution in [1.29, 1.82) is 5.26 Å². The van der Waals surface area contributed by atoms with Crippen molar-refractivity contribution in [2.75, 3.05) is 36.0 Å². The topological polar surface area (TPSA) is 85.7 Å². The van der Waals surface area contributed by atoms with E-state index in [9.17, 15) is 14.0 Å². The Morgan fingerprint density at radius 1 is 1.43 bits per heavy atom. The second kappa shape index (κ2) is 8.74. The van der Waals surface area contributed by atoms with Crippen molar-refractivity contribution in [3.05, 3.63) is 35.7 Å². The fraction of sp³-hybridized carbons (Fsp3) is 0.450. The highest BCUT2D eigenvalue weighted by atomic mass is 19.1. The van der Waals surface area contributed by atoms with Crippen LogP contribution in [0.25, 0.3) is 0 Å². The van der Waals surface area contributed by atoms with Crippen LogP contribution in [0, 0.1) is 17.1 Å². The molecule has 2 fully saturated rings. The number of hydrogen-bond acceptors (Lipinski definition) is 5. The van der Waals surface area contributed by atoms with Gasteiger partial charge in [0.05, 0.1) is 30.5 Å². The Labute approximate surface area is 163 Å². The molecule has 8 heteroatoms. The fourth-order valence-electron chi connectivity index (χ4n) is 3.38. The van der Waals surface area contributed by atoms with Gasteiger partial charge in [0.2, 0.25) is 5.91 Å². The van der Waals surface area contributed by atoms with Crippen molar-refractivity contribution in [2.24, 2.45) is 0 Å². The van der Waals surface area contributed by atoms with Gasteiger partial charge in [-0.2, -0.15) is 5.26 Å². The highest BCUT2D eigenvalue weighted by Crippen LogP contribution is 2.30. The number of benzene rings is 1. The van der Waals surface area contributed by atoms with Crippen LogP contribution < -0.4 is 15.1 Å². The number of allylic oxidation sites excluding steroid dienone is 1.